The molecule has 0 bridgehead atoms. The Balaban J connectivity index is 1.62. The highest BCUT2D eigenvalue weighted by Gasteiger charge is 2.51. The van der Waals surface area contributed by atoms with Gasteiger partial charge in [-0.25, -0.2) is 8.42 Å². The Labute approximate surface area is 200 Å². The van der Waals surface area contributed by atoms with E-state index < -0.39 is 21.8 Å². The van der Waals surface area contributed by atoms with Gasteiger partial charge in [0.1, 0.15) is 4.21 Å². The normalized spacial score (nSPS) is 19.7. The Hall–Kier alpha value is -2.47. The van der Waals surface area contributed by atoms with Crippen LogP contribution in [0.5, 0.6) is 0 Å². The van der Waals surface area contributed by atoms with Crippen molar-refractivity contribution in [1.29, 1.82) is 0 Å². The van der Waals surface area contributed by atoms with Crippen LogP contribution in [0.2, 0.25) is 0 Å². The Morgan fingerprint density at radius 2 is 1.76 bits per heavy atom. The van der Waals surface area contributed by atoms with Crippen LogP contribution in [0.4, 0.5) is 18.9 Å². The molecular formula is C23H24F3N3O3S2. The van der Waals surface area contributed by atoms with Crippen molar-refractivity contribution in [1.82, 2.24) is 9.29 Å². The highest BCUT2D eigenvalue weighted by Crippen LogP contribution is 2.39. The Bertz CT molecular complexity index is 1200. The SMILES string of the molecule is CC(O)(c1ccc(N2CCN(S(=O)(=O)c3cccs3)C[C@H]2Cc2ccncc2)cc1)C(F)(F)F. The lowest BCUT2D eigenvalue weighted by atomic mass is 9.94. The van der Waals surface area contributed by atoms with Gasteiger partial charge in [-0.05, 0) is 60.2 Å². The Kier molecular flexibility index (Phi) is 6.74. The van der Waals surface area contributed by atoms with Gasteiger partial charge in [0.05, 0.1) is 0 Å². The first-order chi connectivity index (χ1) is 16.0. The highest BCUT2D eigenvalue weighted by atomic mass is 32.2. The van der Waals surface area contributed by atoms with Crippen molar-refractivity contribution in [2.75, 3.05) is 24.5 Å². The van der Waals surface area contributed by atoms with Crippen molar-refractivity contribution in [3.8, 4) is 0 Å². The van der Waals surface area contributed by atoms with Crippen molar-refractivity contribution in [2.45, 2.75) is 35.4 Å². The zero-order valence-corrected chi connectivity index (χ0v) is 19.9. The summed E-state index contributed by atoms with van der Waals surface area (Å²) in [4.78, 5) is 6.03. The van der Waals surface area contributed by atoms with Crippen LogP contribution >= 0.6 is 11.3 Å². The van der Waals surface area contributed by atoms with Crippen LogP contribution in [0.3, 0.4) is 0 Å². The monoisotopic (exact) mass is 511 g/mol. The van der Waals surface area contributed by atoms with Gasteiger partial charge in [-0.15, -0.1) is 11.3 Å². The summed E-state index contributed by atoms with van der Waals surface area (Å²) in [5.41, 5.74) is -1.59. The molecule has 0 spiro atoms. The molecule has 4 rings (SSSR count). The molecule has 0 radical (unpaired) electrons. The van der Waals surface area contributed by atoms with Crippen molar-refractivity contribution < 1.29 is 26.7 Å². The maximum Gasteiger partial charge on any atom is 0.421 e. The third kappa shape index (κ3) is 4.83. The molecule has 1 aromatic carbocycles. The molecular weight excluding hydrogens is 487 g/mol. The van der Waals surface area contributed by atoms with E-state index in [0.29, 0.717) is 18.7 Å². The number of pyridine rings is 1. The summed E-state index contributed by atoms with van der Waals surface area (Å²) in [6, 6.07) is 12.3. The van der Waals surface area contributed by atoms with Crippen molar-refractivity contribution in [3.05, 3.63) is 77.4 Å². The molecule has 1 unspecified atom stereocenters. The Morgan fingerprint density at radius 1 is 1.09 bits per heavy atom. The molecule has 182 valence electrons. The van der Waals surface area contributed by atoms with Crippen LogP contribution in [0.25, 0.3) is 0 Å². The van der Waals surface area contributed by atoms with E-state index >= 15 is 0 Å². The fourth-order valence-electron chi connectivity index (χ4n) is 4.03. The molecule has 2 aromatic heterocycles. The second-order valence-corrected chi connectivity index (χ2v) is 11.4. The Morgan fingerprint density at radius 3 is 2.35 bits per heavy atom. The first-order valence-electron chi connectivity index (χ1n) is 10.6. The predicted molar refractivity (Wildman–Crippen MR) is 124 cm³/mol. The van der Waals surface area contributed by atoms with Gasteiger partial charge >= 0.3 is 6.18 Å². The van der Waals surface area contributed by atoms with Gasteiger partial charge in [0.15, 0.2) is 5.60 Å². The summed E-state index contributed by atoms with van der Waals surface area (Å²) in [5.74, 6) is 0. The zero-order valence-electron chi connectivity index (χ0n) is 18.3. The van der Waals surface area contributed by atoms with Crippen LogP contribution in [0, 0.1) is 0 Å². The van der Waals surface area contributed by atoms with Gasteiger partial charge in [0.25, 0.3) is 10.0 Å². The van der Waals surface area contributed by atoms with Gasteiger partial charge in [0.2, 0.25) is 0 Å². The minimum Gasteiger partial charge on any atom is -0.376 e. The molecule has 34 heavy (non-hydrogen) atoms. The van der Waals surface area contributed by atoms with E-state index in [9.17, 15) is 26.7 Å². The van der Waals surface area contributed by atoms with Crippen LogP contribution in [0.15, 0.2) is 70.5 Å². The standard InChI is InChI=1S/C23H24F3N3O3S2/c1-22(30,23(24,25)26)18-4-6-19(7-5-18)29-13-12-28(34(31,32)21-3-2-14-33-21)16-20(29)15-17-8-10-27-11-9-17/h2-11,14,20,30H,12-13,15-16H2,1H3/t20-,22?/m1/s1. The maximum absolute atomic E-state index is 13.2. The number of halogens is 3. The molecule has 1 saturated heterocycles. The molecule has 1 aliphatic heterocycles. The summed E-state index contributed by atoms with van der Waals surface area (Å²) in [6.45, 7) is 1.57. The molecule has 3 heterocycles. The third-order valence-electron chi connectivity index (χ3n) is 6.07. The third-order valence-corrected chi connectivity index (χ3v) is 9.31. The predicted octanol–water partition coefficient (Wildman–Crippen LogP) is 4.04. The molecule has 6 nitrogen and oxygen atoms in total. The number of aromatic nitrogens is 1. The first kappa shape index (κ1) is 24.6. The summed E-state index contributed by atoms with van der Waals surface area (Å²) >= 11 is 1.16. The van der Waals surface area contributed by atoms with Crippen molar-refractivity contribution in [3.63, 3.8) is 0 Å². The number of anilines is 1. The van der Waals surface area contributed by atoms with E-state index in [-0.39, 0.29) is 28.9 Å². The minimum absolute atomic E-state index is 0.227. The molecule has 1 aliphatic rings. The van der Waals surface area contributed by atoms with E-state index in [0.717, 1.165) is 23.8 Å². The summed E-state index contributed by atoms with van der Waals surface area (Å²) < 4.78 is 67.6. The van der Waals surface area contributed by atoms with E-state index in [1.165, 1.54) is 16.4 Å². The molecule has 0 amide bonds. The molecule has 0 aliphatic carbocycles. The number of alkyl halides is 3. The van der Waals surface area contributed by atoms with Crippen molar-refractivity contribution in [2.24, 2.45) is 0 Å². The lowest BCUT2D eigenvalue weighted by molar-refractivity contribution is -0.258. The number of benzene rings is 1. The smallest absolute Gasteiger partial charge is 0.376 e. The van der Waals surface area contributed by atoms with Crippen molar-refractivity contribution >= 4 is 27.0 Å². The second-order valence-electron chi connectivity index (χ2n) is 8.32. The number of sulfonamides is 1. The number of nitrogens with zero attached hydrogens (tertiary/aromatic N) is 3. The summed E-state index contributed by atoms with van der Waals surface area (Å²) in [7, 11) is -3.64. The molecule has 1 N–H and O–H groups in total. The number of piperazine rings is 1. The van der Waals surface area contributed by atoms with Crippen LogP contribution in [-0.4, -0.2) is 54.7 Å². The number of hydrogen-bond acceptors (Lipinski definition) is 6. The lowest BCUT2D eigenvalue weighted by Gasteiger charge is -2.42. The summed E-state index contributed by atoms with van der Waals surface area (Å²) in [6.07, 6.45) is -0.950. The van der Waals surface area contributed by atoms with Gasteiger partial charge < -0.3 is 10.0 Å². The summed E-state index contributed by atoms with van der Waals surface area (Å²) in [5, 5.41) is 11.7. The van der Waals surface area contributed by atoms with Gasteiger partial charge in [-0.2, -0.15) is 17.5 Å². The number of rotatable bonds is 6. The largest absolute Gasteiger partial charge is 0.421 e. The average Bonchev–Trinajstić information content (AvgIpc) is 3.35. The topological polar surface area (TPSA) is 73.7 Å². The average molecular weight is 512 g/mol. The fraction of sp³-hybridized carbons (Fsp3) is 0.348. The zero-order chi connectivity index (χ0) is 24.6. The number of thiophene rings is 1. The van der Waals surface area contributed by atoms with Gasteiger partial charge in [-0.3, -0.25) is 4.98 Å². The second kappa shape index (κ2) is 9.29. The highest BCUT2D eigenvalue weighted by molar-refractivity contribution is 7.91. The van der Waals surface area contributed by atoms with E-state index in [1.807, 2.05) is 17.0 Å². The van der Waals surface area contributed by atoms with E-state index in [2.05, 4.69) is 4.98 Å². The number of aliphatic hydroxyl groups is 1. The van der Waals surface area contributed by atoms with Crippen LogP contribution < -0.4 is 4.90 Å². The minimum atomic E-state index is -4.81. The maximum atomic E-state index is 13.2. The molecule has 0 saturated carbocycles. The molecule has 3 aromatic rings. The van der Waals surface area contributed by atoms with Gasteiger partial charge in [0, 0.05) is 43.8 Å². The van der Waals surface area contributed by atoms with E-state index in [4.69, 9.17) is 0 Å². The lowest BCUT2D eigenvalue weighted by Crippen LogP contribution is -2.55. The molecule has 1 fully saturated rings. The van der Waals surface area contributed by atoms with Crippen LogP contribution in [0.1, 0.15) is 18.1 Å². The van der Waals surface area contributed by atoms with E-state index in [1.54, 1.807) is 42.0 Å². The van der Waals surface area contributed by atoms with Crippen LogP contribution in [-0.2, 0) is 22.0 Å². The van der Waals surface area contributed by atoms with Gasteiger partial charge in [-0.1, -0.05) is 18.2 Å². The fourth-order valence-corrected chi connectivity index (χ4v) is 6.64. The molecule has 2 atom stereocenters. The quantitative estimate of drug-likeness (QED) is 0.541. The molecule has 11 heteroatoms. The number of hydrogen-bond donors (Lipinski definition) is 1. The first-order valence-corrected chi connectivity index (χ1v) is 12.9.